The maximum Gasteiger partial charge on any atom is 0.250 e. The molecule has 0 bridgehead atoms. The molecule has 0 unspecified atom stereocenters. The van der Waals surface area contributed by atoms with E-state index in [2.05, 4.69) is 25.5 Å². The molecule has 0 aliphatic carbocycles. The van der Waals surface area contributed by atoms with Crippen LogP contribution in [0.2, 0.25) is 0 Å². The van der Waals surface area contributed by atoms with E-state index in [-0.39, 0.29) is 12.5 Å². The van der Waals surface area contributed by atoms with Crippen LogP contribution in [0, 0.1) is 13.8 Å². The van der Waals surface area contributed by atoms with E-state index in [0.717, 1.165) is 11.4 Å². The highest BCUT2D eigenvalue weighted by molar-refractivity contribution is 5.90. The highest BCUT2D eigenvalue weighted by Crippen LogP contribution is 2.09. The van der Waals surface area contributed by atoms with Gasteiger partial charge in [0.2, 0.25) is 5.91 Å². The molecule has 0 spiro atoms. The minimum atomic E-state index is -0.189. The van der Waals surface area contributed by atoms with Crippen molar-refractivity contribution in [1.82, 2.24) is 29.5 Å². The molecular formula is C14H15N7O. The molecule has 0 aliphatic rings. The van der Waals surface area contributed by atoms with Crippen LogP contribution in [0.1, 0.15) is 11.4 Å². The molecule has 0 radical (unpaired) electrons. The number of aryl methyl sites for hydroxylation is 2. The number of carbonyl (C=O) groups is 1. The predicted molar refractivity (Wildman–Crippen MR) is 79.5 cm³/mol. The number of carbonyl (C=O) groups excluding carboxylic acids is 1. The maximum absolute atomic E-state index is 11.8. The number of hydrogen-bond acceptors (Lipinski definition) is 5. The fourth-order valence-electron chi connectivity index (χ4n) is 2.07. The summed E-state index contributed by atoms with van der Waals surface area (Å²) in [6.45, 7) is 3.99. The van der Waals surface area contributed by atoms with E-state index in [1.165, 1.54) is 0 Å². The molecule has 3 aromatic heterocycles. The summed E-state index contributed by atoms with van der Waals surface area (Å²) < 4.78 is 3.20. The van der Waals surface area contributed by atoms with Crippen LogP contribution in [0.5, 0.6) is 0 Å². The van der Waals surface area contributed by atoms with E-state index in [1.54, 1.807) is 40.2 Å². The summed E-state index contributed by atoms with van der Waals surface area (Å²) in [4.78, 5) is 20.3. The van der Waals surface area contributed by atoms with Crippen molar-refractivity contribution >= 4 is 11.6 Å². The summed E-state index contributed by atoms with van der Waals surface area (Å²) in [5, 5.41) is 11.0. The molecule has 3 heterocycles. The Balaban J connectivity index is 1.69. The van der Waals surface area contributed by atoms with E-state index < -0.39 is 0 Å². The quantitative estimate of drug-likeness (QED) is 0.779. The Morgan fingerprint density at radius 1 is 1.27 bits per heavy atom. The summed E-state index contributed by atoms with van der Waals surface area (Å²) in [5.74, 6) is 0.279. The fourth-order valence-corrected chi connectivity index (χ4v) is 2.07. The summed E-state index contributed by atoms with van der Waals surface area (Å²) in [6, 6.07) is 3.71. The third-order valence-corrected chi connectivity index (χ3v) is 2.99. The van der Waals surface area contributed by atoms with Gasteiger partial charge in [0.15, 0.2) is 0 Å². The van der Waals surface area contributed by atoms with Gasteiger partial charge in [-0.15, -0.1) is 0 Å². The van der Waals surface area contributed by atoms with Crippen molar-refractivity contribution in [3.05, 3.63) is 48.3 Å². The third-order valence-electron chi connectivity index (χ3n) is 2.99. The van der Waals surface area contributed by atoms with Gasteiger partial charge in [0, 0.05) is 18.1 Å². The predicted octanol–water partition coefficient (Wildman–Crippen LogP) is 1.11. The Labute approximate surface area is 126 Å². The molecular weight excluding hydrogens is 282 g/mol. The second kappa shape index (κ2) is 5.76. The van der Waals surface area contributed by atoms with Gasteiger partial charge in [0.1, 0.15) is 6.54 Å². The van der Waals surface area contributed by atoms with E-state index in [1.807, 2.05) is 19.9 Å². The topological polar surface area (TPSA) is 90.5 Å². The Kier molecular flexibility index (Phi) is 3.65. The summed E-state index contributed by atoms with van der Waals surface area (Å²) in [6.07, 6.45) is 6.46. The monoisotopic (exact) mass is 297 g/mol. The molecule has 22 heavy (non-hydrogen) atoms. The Hall–Kier alpha value is -3.03. The zero-order valence-electron chi connectivity index (χ0n) is 12.3. The van der Waals surface area contributed by atoms with Crippen LogP contribution in [0.4, 0.5) is 5.69 Å². The second-order valence-electron chi connectivity index (χ2n) is 4.86. The molecule has 8 heteroatoms. The van der Waals surface area contributed by atoms with Crippen LogP contribution >= 0.6 is 0 Å². The Bertz CT molecular complexity index is 774. The van der Waals surface area contributed by atoms with Crippen LogP contribution in [0.3, 0.4) is 0 Å². The van der Waals surface area contributed by atoms with Crippen LogP contribution in [-0.2, 0) is 11.3 Å². The molecule has 1 N–H and O–H groups in total. The highest BCUT2D eigenvalue weighted by atomic mass is 16.2. The van der Waals surface area contributed by atoms with Crippen molar-refractivity contribution in [3.8, 4) is 5.95 Å². The van der Waals surface area contributed by atoms with Crippen molar-refractivity contribution in [1.29, 1.82) is 0 Å². The lowest BCUT2D eigenvalue weighted by Crippen LogP contribution is -2.19. The van der Waals surface area contributed by atoms with Crippen LogP contribution in [-0.4, -0.2) is 35.4 Å². The zero-order valence-corrected chi connectivity index (χ0v) is 12.3. The van der Waals surface area contributed by atoms with Crippen molar-refractivity contribution in [2.24, 2.45) is 0 Å². The van der Waals surface area contributed by atoms with Gasteiger partial charge in [-0.3, -0.25) is 9.48 Å². The van der Waals surface area contributed by atoms with Crippen LogP contribution in [0.25, 0.3) is 5.95 Å². The molecule has 0 atom stereocenters. The molecule has 0 saturated carbocycles. The molecule has 8 nitrogen and oxygen atoms in total. The van der Waals surface area contributed by atoms with Crippen LogP contribution in [0.15, 0.2) is 36.9 Å². The Morgan fingerprint density at radius 3 is 2.64 bits per heavy atom. The summed E-state index contributed by atoms with van der Waals surface area (Å²) in [7, 11) is 0. The van der Waals surface area contributed by atoms with E-state index >= 15 is 0 Å². The fraction of sp³-hybridized carbons (Fsp3) is 0.214. The van der Waals surface area contributed by atoms with E-state index in [0.29, 0.717) is 11.6 Å². The second-order valence-corrected chi connectivity index (χ2v) is 4.86. The Morgan fingerprint density at radius 2 is 2.05 bits per heavy atom. The minimum Gasteiger partial charge on any atom is -0.322 e. The highest BCUT2D eigenvalue weighted by Gasteiger charge is 2.08. The molecule has 0 saturated heterocycles. The minimum absolute atomic E-state index is 0.145. The molecule has 112 valence electrons. The lowest BCUT2D eigenvalue weighted by molar-refractivity contribution is -0.116. The van der Waals surface area contributed by atoms with Gasteiger partial charge in [-0.1, -0.05) is 0 Å². The number of rotatable bonds is 4. The van der Waals surface area contributed by atoms with Gasteiger partial charge in [-0.2, -0.15) is 10.2 Å². The smallest absolute Gasteiger partial charge is 0.250 e. The maximum atomic E-state index is 11.8. The first-order chi connectivity index (χ1) is 10.6. The van der Waals surface area contributed by atoms with Crippen LogP contribution < -0.4 is 5.32 Å². The number of amides is 1. The average molecular weight is 297 g/mol. The van der Waals surface area contributed by atoms with Gasteiger partial charge >= 0.3 is 0 Å². The first-order valence-electron chi connectivity index (χ1n) is 6.75. The molecule has 0 fully saturated rings. The van der Waals surface area contributed by atoms with Gasteiger partial charge in [-0.05, 0) is 26.0 Å². The lowest BCUT2D eigenvalue weighted by Gasteiger charge is -2.06. The van der Waals surface area contributed by atoms with Gasteiger partial charge in [-0.25, -0.2) is 14.6 Å². The first-order valence-corrected chi connectivity index (χ1v) is 6.75. The molecule has 1 amide bonds. The number of anilines is 1. The normalized spacial score (nSPS) is 10.6. The standard InChI is InChI=1S/C14H15N7O/c1-10-6-11(2)21(19-10)14-15-7-12(8-16-14)18-13(22)9-20-5-3-4-17-20/h3-8H,9H2,1-2H3,(H,18,22). The summed E-state index contributed by atoms with van der Waals surface area (Å²) in [5.41, 5.74) is 2.38. The number of nitrogens with zero attached hydrogens (tertiary/aromatic N) is 6. The molecule has 3 aromatic rings. The van der Waals surface area contributed by atoms with Crippen molar-refractivity contribution < 1.29 is 4.79 Å². The van der Waals surface area contributed by atoms with Gasteiger partial charge < -0.3 is 5.32 Å². The van der Waals surface area contributed by atoms with Crippen molar-refractivity contribution in [2.45, 2.75) is 20.4 Å². The van der Waals surface area contributed by atoms with E-state index in [9.17, 15) is 4.79 Å². The lowest BCUT2D eigenvalue weighted by atomic mass is 10.4. The van der Waals surface area contributed by atoms with Gasteiger partial charge in [0.25, 0.3) is 5.95 Å². The zero-order chi connectivity index (χ0) is 15.5. The first kappa shape index (κ1) is 13.9. The molecule has 3 rings (SSSR count). The number of aromatic nitrogens is 6. The summed E-state index contributed by atoms with van der Waals surface area (Å²) >= 11 is 0. The number of nitrogens with one attached hydrogen (secondary N) is 1. The SMILES string of the molecule is Cc1cc(C)n(-c2ncc(NC(=O)Cn3cccn3)cn2)n1. The van der Waals surface area contributed by atoms with Crippen molar-refractivity contribution in [3.63, 3.8) is 0 Å². The van der Waals surface area contributed by atoms with Crippen molar-refractivity contribution in [2.75, 3.05) is 5.32 Å². The number of hydrogen-bond donors (Lipinski definition) is 1. The average Bonchev–Trinajstić information content (AvgIpc) is 3.09. The molecule has 0 aromatic carbocycles. The third kappa shape index (κ3) is 3.00. The van der Waals surface area contributed by atoms with Gasteiger partial charge in [0.05, 0.1) is 23.8 Å². The largest absolute Gasteiger partial charge is 0.322 e. The van der Waals surface area contributed by atoms with E-state index in [4.69, 9.17) is 0 Å². The molecule has 0 aliphatic heterocycles.